The van der Waals surface area contributed by atoms with Gasteiger partial charge in [-0.3, -0.25) is 14.4 Å². The molecule has 9 heteroatoms. The molecular weight excluding hydrogens is 460 g/mol. The van der Waals surface area contributed by atoms with Crippen LogP contribution in [0.4, 0.5) is 0 Å². The third-order valence-electron chi connectivity index (χ3n) is 5.53. The smallest absolute Gasteiger partial charge is 0.290 e. The molecule has 2 amide bonds. The molecule has 0 fully saturated rings. The molecule has 0 unspecified atom stereocenters. The third-order valence-corrected chi connectivity index (χ3v) is 5.53. The summed E-state index contributed by atoms with van der Waals surface area (Å²) in [6.07, 6.45) is 0. The standard InChI is InChI=1S/C26H32N4O3.CH2O2/c1-16(2)21(29-24(31)17(3)27-5)25(32)28-18(4)26-30-22(19-12-8-6-9-13-19)23(33-26)20-14-10-7-11-15-20;2-1-3/h6-18,21,27H,1-5H3,(H,28,32)(H,29,31);1H,(H,2,3)/t17-,18-,21-;/m0./s1. The van der Waals surface area contributed by atoms with Crippen LogP contribution in [0.5, 0.6) is 0 Å². The van der Waals surface area contributed by atoms with Crippen LogP contribution in [0.2, 0.25) is 0 Å². The van der Waals surface area contributed by atoms with E-state index in [4.69, 9.17) is 19.3 Å². The van der Waals surface area contributed by atoms with Gasteiger partial charge in [0.1, 0.15) is 17.8 Å². The number of amides is 2. The third kappa shape index (κ3) is 7.51. The summed E-state index contributed by atoms with van der Waals surface area (Å²) in [6, 6.07) is 18.0. The molecule has 0 saturated heterocycles. The first kappa shape index (κ1) is 28.3. The summed E-state index contributed by atoms with van der Waals surface area (Å²) in [5, 5.41) is 15.6. The highest BCUT2D eigenvalue weighted by molar-refractivity contribution is 5.90. The lowest BCUT2D eigenvalue weighted by Crippen LogP contribution is -2.53. The number of benzene rings is 2. The number of rotatable bonds is 9. The second-order valence-electron chi connectivity index (χ2n) is 8.54. The number of aromatic nitrogens is 1. The Balaban J connectivity index is 0.00000145. The van der Waals surface area contributed by atoms with Gasteiger partial charge in [-0.05, 0) is 26.8 Å². The van der Waals surface area contributed by atoms with Gasteiger partial charge in [0.15, 0.2) is 5.76 Å². The predicted molar refractivity (Wildman–Crippen MR) is 138 cm³/mol. The van der Waals surface area contributed by atoms with E-state index >= 15 is 0 Å². The van der Waals surface area contributed by atoms with Crippen LogP contribution in [-0.2, 0) is 14.4 Å². The van der Waals surface area contributed by atoms with Crippen molar-refractivity contribution in [3.63, 3.8) is 0 Å². The van der Waals surface area contributed by atoms with Gasteiger partial charge < -0.3 is 25.5 Å². The molecule has 0 saturated carbocycles. The zero-order valence-electron chi connectivity index (χ0n) is 21.2. The molecule has 1 heterocycles. The van der Waals surface area contributed by atoms with E-state index in [0.29, 0.717) is 11.7 Å². The number of hydrogen-bond donors (Lipinski definition) is 4. The van der Waals surface area contributed by atoms with E-state index in [2.05, 4.69) is 16.0 Å². The van der Waals surface area contributed by atoms with E-state index in [1.54, 1.807) is 14.0 Å². The van der Waals surface area contributed by atoms with Crippen molar-refractivity contribution in [2.24, 2.45) is 5.92 Å². The normalized spacial score (nSPS) is 13.1. The Morgan fingerprint density at radius 2 is 1.42 bits per heavy atom. The molecule has 3 atom stereocenters. The zero-order chi connectivity index (χ0) is 26.7. The van der Waals surface area contributed by atoms with Gasteiger partial charge in [0, 0.05) is 11.1 Å². The van der Waals surface area contributed by atoms with Crippen molar-refractivity contribution >= 4 is 18.3 Å². The highest BCUT2D eigenvalue weighted by Gasteiger charge is 2.28. The highest BCUT2D eigenvalue weighted by Crippen LogP contribution is 2.34. The van der Waals surface area contributed by atoms with Crippen LogP contribution in [0, 0.1) is 5.92 Å². The summed E-state index contributed by atoms with van der Waals surface area (Å²) in [4.78, 5) is 38.5. The molecule has 0 aliphatic carbocycles. The molecule has 9 nitrogen and oxygen atoms in total. The lowest BCUT2D eigenvalue weighted by atomic mass is 10.0. The number of likely N-dealkylation sites (N-methyl/N-ethyl adjacent to an activating group) is 1. The van der Waals surface area contributed by atoms with E-state index in [1.807, 2.05) is 81.4 Å². The maximum atomic E-state index is 13.0. The Morgan fingerprint density at radius 3 is 1.92 bits per heavy atom. The molecule has 1 aromatic heterocycles. The Bertz CT molecular complexity index is 1060. The number of carbonyl (C=O) groups excluding carboxylic acids is 2. The number of nitrogens with zero attached hydrogens (tertiary/aromatic N) is 1. The van der Waals surface area contributed by atoms with E-state index in [0.717, 1.165) is 16.8 Å². The molecule has 3 rings (SSSR count). The monoisotopic (exact) mass is 494 g/mol. The van der Waals surface area contributed by atoms with Gasteiger partial charge in [-0.2, -0.15) is 0 Å². The fraction of sp³-hybridized carbons (Fsp3) is 0.333. The second-order valence-corrected chi connectivity index (χ2v) is 8.54. The average molecular weight is 495 g/mol. The topological polar surface area (TPSA) is 134 Å². The van der Waals surface area contributed by atoms with Crippen molar-refractivity contribution in [3.05, 3.63) is 66.6 Å². The summed E-state index contributed by atoms with van der Waals surface area (Å²) in [5.74, 6) is 0.449. The first-order valence-electron chi connectivity index (χ1n) is 11.7. The van der Waals surface area contributed by atoms with Crippen molar-refractivity contribution < 1.29 is 23.9 Å². The lowest BCUT2D eigenvalue weighted by Gasteiger charge is -2.24. The summed E-state index contributed by atoms with van der Waals surface area (Å²) in [5.41, 5.74) is 2.55. The number of carboxylic acid groups (broad SMARTS) is 1. The quantitative estimate of drug-likeness (QED) is 0.334. The first-order chi connectivity index (χ1) is 17.2. The van der Waals surface area contributed by atoms with Crippen LogP contribution in [0.1, 0.15) is 39.6 Å². The van der Waals surface area contributed by atoms with Crippen molar-refractivity contribution in [2.75, 3.05) is 7.05 Å². The van der Waals surface area contributed by atoms with Crippen LogP contribution < -0.4 is 16.0 Å². The van der Waals surface area contributed by atoms with Gasteiger partial charge in [0.25, 0.3) is 6.47 Å². The lowest BCUT2D eigenvalue weighted by molar-refractivity contribution is -0.131. The Kier molecular flexibility index (Phi) is 10.8. The van der Waals surface area contributed by atoms with Gasteiger partial charge >= 0.3 is 0 Å². The predicted octanol–water partition coefficient (Wildman–Crippen LogP) is 3.64. The molecule has 3 aromatic rings. The van der Waals surface area contributed by atoms with Crippen LogP contribution >= 0.6 is 0 Å². The number of carbonyl (C=O) groups is 3. The SMILES string of the molecule is CN[C@@H](C)C(=O)N[C@H](C(=O)N[C@@H](C)c1nc(-c2ccccc2)c(-c2ccccc2)o1)C(C)C.O=CO. The molecule has 192 valence electrons. The molecule has 4 N–H and O–H groups in total. The van der Waals surface area contributed by atoms with Crippen LogP contribution in [0.15, 0.2) is 65.1 Å². The van der Waals surface area contributed by atoms with Crippen molar-refractivity contribution in [1.82, 2.24) is 20.9 Å². The van der Waals surface area contributed by atoms with E-state index in [1.165, 1.54) is 0 Å². The Hall–Kier alpha value is -3.98. The second kappa shape index (κ2) is 13.8. The summed E-state index contributed by atoms with van der Waals surface area (Å²) in [7, 11) is 1.70. The molecule has 0 bridgehead atoms. The van der Waals surface area contributed by atoms with E-state index < -0.39 is 18.1 Å². The highest BCUT2D eigenvalue weighted by atomic mass is 16.4. The van der Waals surface area contributed by atoms with Crippen LogP contribution in [0.25, 0.3) is 22.6 Å². The first-order valence-corrected chi connectivity index (χ1v) is 11.7. The molecule has 0 radical (unpaired) electrons. The number of nitrogens with one attached hydrogen (secondary N) is 3. The minimum absolute atomic E-state index is 0.0884. The minimum atomic E-state index is -0.673. The van der Waals surface area contributed by atoms with Crippen molar-refractivity contribution in [2.45, 2.75) is 45.8 Å². The van der Waals surface area contributed by atoms with Crippen molar-refractivity contribution in [1.29, 1.82) is 0 Å². The van der Waals surface area contributed by atoms with Crippen molar-refractivity contribution in [3.8, 4) is 22.6 Å². The Labute approximate surface area is 211 Å². The average Bonchev–Trinajstić information content (AvgIpc) is 3.33. The van der Waals surface area contributed by atoms with Gasteiger partial charge in [-0.15, -0.1) is 0 Å². The summed E-state index contributed by atoms with van der Waals surface area (Å²) < 4.78 is 6.17. The van der Waals surface area contributed by atoms with Gasteiger partial charge in [-0.25, -0.2) is 4.98 Å². The van der Waals surface area contributed by atoms with E-state index in [-0.39, 0.29) is 24.2 Å². The zero-order valence-corrected chi connectivity index (χ0v) is 21.2. The molecule has 0 aliphatic heterocycles. The summed E-state index contributed by atoms with van der Waals surface area (Å²) in [6.45, 7) is 7.11. The fourth-order valence-electron chi connectivity index (χ4n) is 3.41. The van der Waals surface area contributed by atoms with Crippen LogP contribution in [0.3, 0.4) is 0 Å². The van der Waals surface area contributed by atoms with Gasteiger partial charge in [0.2, 0.25) is 17.7 Å². The maximum Gasteiger partial charge on any atom is 0.290 e. The molecule has 0 aliphatic rings. The fourth-order valence-corrected chi connectivity index (χ4v) is 3.41. The molecular formula is C27H34N4O5. The molecule has 36 heavy (non-hydrogen) atoms. The van der Waals surface area contributed by atoms with Crippen LogP contribution in [-0.4, -0.2) is 47.5 Å². The summed E-state index contributed by atoms with van der Waals surface area (Å²) >= 11 is 0. The molecule has 2 aromatic carbocycles. The Morgan fingerprint density at radius 1 is 0.889 bits per heavy atom. The van der Waals surface area contributed by atoms with Gasteiger partial charge in [0.05, 0.1) is 6.04 Å². The number of oxazole rings is 1. The molecule has 0 spiro atoms. The maximum absolute atomic E-state index is 13.0. The van der Waals surface area contributed by atoms with E-state index in [9.17, 15) is 9.59 Å². The largest absolute Gasteiger partial charge is 0.483 e. The number of hydrogen-bond acceptors (Lipinski definition) is 6. The van der Waals surface area contributed by atoms with Gasteiger partial charge in [-0.1, -0.05) is 74.5 Å². The minimum Gasteiger partial charge on any atom is -0.483 e.